The summed E-state index contributed by atoms with van der Waals surface area (Å²) in [6.07, 6.45) is 2.32. The van der Waals surface area contributed by atoms with Gasteiger partial charge in [-0.15, -0.1) is 0 Å². The zero-order valence-corrected chi connectivity index (χ0v) is 9.69. The van der Waals surface area contributed by atoms with E-state index in [-0.39, 0.29) is 11.9 Å². The van der Waals surface area contributed by atoms with Crippen LogP contribution < -0.4 is 0 Å². The SMILES string of the molecule is COC(=O)C(CC=N)Cc1ccc(C)cc1. The standard InChI is InChI=1S/C13H17NO2/c1-10-3-5-11(6-4-10)9-12(7-8-14)13(15)16-2/h3-6,8,12,14H,7,9H2,1-2H3. The lowest BCUT2D eigenvalue weighted by Crippen LogP contribution is -2.19. The van der Waals surface area contributed by atoms with Crippen LogP contribution in [0.5, 0.6) is 0 Å². The van der Waals surface area contributed by atoms with Crippen LogP contribution in [0.1, 0.15) is 17.5 Å². The van der Waals surface area contributed by atoms with E-state index in [0.29, 0.717) is 12.8 Å². The van der Waals surface area contributed by atoms with Gasteiger partial charge in [-0.2, -0.15) is 0 Å². The number of nitrogens with one attached hydrogen (secondary N) is 1. The van der Waals surface area contributed by atoms with E-state index in [1.165, 1.54) is 18.9 Å². The van der Waals surface area contributed by atoms with Gasteiger partial charge in [0.1, 0.15) is 0 Å². The lowest BCUT2D eigenvalue weighted by atomic mass is 9.96. The van der Waals surface area contributed by atoms with Crippen molar-refractivity contribution in [3.8, 4) is 0 Å². The van der Waals surface area contributed by atoms with Gasteiger partial charge >= 0.3 is 5.97 Å². The van der Waals surface area contributed by atoms with Gasteiger partial charge in [0.15, 0.2) is 0 Å². The molecule has 0 amide bonds. The number of esters is 1. The zero-order valence-electron chi connectivity index (χ0n) is 9.69. The molecule has 3 heteroatoms. The molecule has 16 heavy (non-hydrogen) atoms. The number of carbonyl (C=O) groups is 1. The fourth-order valence-corrected chi connectivity index (χ4v) is 1.58. The second kappa shape index (κ2) is 6.05. The Labute approximate surface area is 95.9 Å². The summed E-state index contributed by atoms with van der Waals surface area (Å²) in [5.74, 6) is -0.491. The third kappa shape index (κ3) is 3.50. The molecule has 1 atom stereocenters. The van der Waals surface area contributed by atoms with Crippen molar-refractivity contribution in [3.63, 3.8) is 0 Å². The first-order valence-corrected chi connectivity index (χ1v) is 5.29. The maximum atomic E-state index is 11.4. The van der Waals surface area contributed by atoms with Crippen LogP contribution in [0, 0.1) is 18.3 Å². The molecule has 0 bridgehead atoms. The topological polar surface area (TPSA) is 50.2 Å². The van der Waals surface area contributed by atoms with Gasteiger partial charge in [-0.05, 0) is 31.5 Å². The van der Waals surface area contributed by atoms with E-state index in [2.05, 4.69) is 0 Å². The number of aryl methyl sites for hydroxylation is 1. The van der Waals surface area contributed by atoms with Crippen molar-refractivity contribution in [2.24, 2.45) is 5.92 Å². The van der Waals surface area contributed by atoms with Crippen molar-refractivity contribution in [2.45, 2.75) is 19.8 Å². The molecule has 0 spiro atoms. The highest BCUT2D eigenvalue weighted by molar-refractivity contribution is 5.76. The van der Waals surface area contributed by atoms with E-state index >= 15 is 0 Å². The Bertz CT molecular complexity index is 357. The minimum Gasteiger partial charge on any atom is -0.469 e. The van der Waals surface area contributed by atoms with Gasteiger partial charge in [-0.3, -0.25) is 4.79 Å². The van der Waals surface area contributed by atoms with E-state index < -0.39 is 0 Å². The van der Waals surface area contributed by atoms with Crippen molar-refractivity contribution in [1.29, 1.82) is 5.41 Å². The van der Waals surface area contributed by atoms with Crippen LogP contribution in [0.3, 0.4) is 0 Å². The molecule has 1 aromatic rings. The number of methoxy groups -OCH3 is 1. The van der Waals surface area contributed by atoms with Crippen LogP contribution in [0.15, 0.2) is 24.3 Å². The molecule has 1 unspecified atom stereocenters. The number of ether oxygens (including phenoxy) is 1. The first-order valence-electron chi connectivity index (χ1n) is 5.29. The van der Waals surface area contributed by atoms with Crippen molar-refractivity contribution in [1.82, 2.24) is 0 Å². The average molecular weight is 219 g/mol. The lowest BCUT2D eigenvalue weighted by Gasteiger charge is -2.12. The van der Waals surface area contributed by atoms with Crippen molar-refractivity contribution >= 4 is 12.2 Å². The predicted octanol–water partition coefficient (Wildman–Crippen LogP) is 2.37. The van der Waals surface area contributed by atoms with E-state index in [0.717, 1.165) is 5.56 Å². The van der Waals surface area contributed by atoms with E-state index in [4.69, 9.17) is 10.1 Å². The average Bonchev–Trinajstić information content (AvgIpc) is 2.30. The fraction of sp³-hybridized carbons (Fsp3) is 0.385. The van der Waals surface area contributed by atoms with Gasteiger partial charge in [-0.25, -0.2) is 0 Å². The van der Waals surface area contributed by atoms with E-state index in [1.807, 2.05) is 31.2 Å². The smallest absolute Gasteiger partial charge is 0.309 e. The Morgan fingerprint density at radius 3 is 2.56 bits per heavy atom. The molecule has 0 heterocycles. The third-order valence-electron chi connectivity index (χ3n) is 2.54. The Kier molecular flexibility index (Phi) is 4.70. The van der Waals surface area contributed by atoms with Gasteiger partial charge in [0.2, 0.25) is 0 Å². The van der Waals surface area contributed by atoms with Crippen molar-refractivity contribution < 1.29 is 9.53 Å². The van der Waals surface area contributed by atoms with Gasteiger partial charge in [0, 0.05) is 0 Å². The molecule has 1 aromatic carbocycles. The molecule has 0 fully saturated rings. The summed E-state index contributed by atoms with van der Waals surface area (Å²) in [6.45, 7) is 2.03. The second-order valence-corrected chi connectivity index (χ2v) is 3.85. The summed E-state index contributed by atoms with van der Waals surface area (Å²) in [5, 5.41) is 7.07. The monoisotopic (exact) mass is 219 g/mol. The number of hydrogen-bond donors (Lipinski definition) is 1. The fourth-order valence-electron chi connectivity index (χ4n) is 1.58. The largest absolute Gasteiger partial charge is 0.469 e. The summed E-state index contributed by atoms with van der Waals surface area (Å²) >= 11 is 0. The molecular weight excluding hydrogens is 202 g/mol. The van der Waals surface area contributed by atoms with Crippen LogP contribution in [-0.2, 0) is 16.0 Å². The molecule has 0 aromatic heterocycles. The molecule has 0 aliphatic rings. The molecule has 3 nitrogen and oxygen atoms in total. The minimum absolute atomic E-state index is 0.245. The molecule has 0 aliphatic heterocycles. The molecule has 0 radical (unpaired) electrons. The molecular formula is C13H17NO2. The highest BCUT2D eigenvalue weighted by atomic mass is 16.5. The van der Waals surface area contributed by atoms with Crippen molar-refractivity contribution in [3.05, 3.63) is 35.4 Å². The van der Waals surface area contributed by atoms with Gasteiger partial charge in [-0.1, -0.05) is 29.8 Å². The van der Waals surface area contributed by atoms with Crippen LogP contribution >= 0.6 is 0 Å². The molecule has 1 N–H and O–H groups in total. The number of rotatable bonds is 5. The van der Waals surface area contributed by atoms with Crippen molar-refractivity contribution in [2.75, 3.05) is 7.11 Å². The Morgan fingerprint density at radius 2 is 2.06 bits per heavy atom. The number of benzene rings is 1. The number of carbonyl (C=O) groups excluding carboxylic acids is 1. The molecule has 0 saturated carbocycles. The lowest BCUT2D eigenvalue weighted by molar-refractivity contribution is -0.145. The highest BCUT2D eigenvalue weighted by Gasteiger charge is 2.18. The molecule has 0 saturated heterocycles. The first kappa shape index (κ1) is 12.4. The maximum Gasteiger partial charge on any atom is 0.309 e. The van der Waals surface area contributed by atoms with Gasteiger partial charge in [0.05, 0.1) is 13.0 Å². The molecule has 1 rings (SSSR count). The summed E-state index contributed by atoms with van der Waals surface area (Å²) < 4.78 is 4.72. The van der Waals surface area contributed by atoms with Gasteiger partial charge in [0.25, 0.3) is 0 Å². The van der Waals surface area contributed by atoms with E-state index in [1.54, 1.807) is 0 Å². The van der Waals surface area contributed by atoms with Crippen LogP contribution in [0.4, 0.5) is 0 Å². The van der Waals surface area contributed by atoms with E-state index in [9.17, 15) is 4.79 Å². The summed E-state index contributed by atoms with van der Waals surface area (Å²) in [5.41, 5.74) is 2.30. The van der Waals surface area contributed by atoms with Crippen LogP contribution in [0.2, 0.25) is 0 Å². The number of hydrogen-bond acceptors (Lipinski definition) is 3. The van der Waals surface area contributed by atoms with Gasteiger partial charge < -0.3 is 10.1 Å². The Morgan fingerprint density at radius 1 is 1.44 bits per heavy atom. The van der Waals surface area contributed by atoms with Crippen LogP contribution in [0.25, 0.3) is 0 Å². The highest BCUT2D eigenvalue weighted by Crippen LogP contribution is 2.13. The quantitative estimate of drug-likeness (QED) is 0.610. The maximum absolute atomic E-state index is 11.4. The summed E-state index contributed by atoms with van der Waals surface area (Å²) in [6, 6.07) is 8.06. The zero-order chi connectivity index (χ0) is 12.0. The summed E-state index contributed by atoms with van der Waals surface area (Å²) in [7, 11) is 1.38. The Balaban J connectivity index is 2.71. The Hall–Kier alpha value is -1.64. The minimum atomic E-state index is -0.246. The normalized spacial score (nSPS) is 11.9. The predicted molar refractivity (Wildman–Crippen MR) is 63.8 cm³/mol. The molecule has 86 valence electrons. The summed E-state index contributed by atoms with van der Waals surface area (Å²) in [4.78, 5) is 11.4. The third-order valence-corrected chi connectivity index (χ3v) is 2.54. The second-order valence-electron chi connectivity index (χ2n) is 3.85. The first-order chi connectivity index (χ1) is 7.67. The van der Waals surface area contributed by atoms with Crippen LogP contribution in [-0.4, -0.2) is 19.3 Å². The molecule has 0 aliphatic carbocycles.